The van der Waals surface area contributed by atoms with Gasteiger partial charge in [0.25, 0.3) is 0 Å². The first-order valence-electron chi connectivity index (χ1n) is 26.0. The van der Waals surface area contributed by atoms with Gasteiger partial charge >= 0.3 is 12.4 Å². The van der Waals surface area contributed by atoms with Crippen LogP contribution in [-0.4, -0.2) is 6.04 Å². The molecule has 2 unspecified atom stereocenters. The van der Waals surface area contributed by atoms with Crippen LogP contribution < -0.4 is 9.80 Å². The molecule has 8 heteroatoms. The molecular weight excluding hydrogens is 983 g/mol. The highest BCUT2D eigenvalue weighted by molar-refractivity contribution is 5.93. The number of rotatable bonds is 10. The fraction of sp³-hybridized carbons (Fsp3) is 0.114. The Morgan fingerprint density at radius 2 is 0.872 bits per heavy atom. The van der Waals surface area contributed by atoms with Crippen LogP contribution >= 0.6 is 0 Å². The molecule has 0 radical (unpaired) electrons. The second-order valence-corrected chi connectivity index (χ2v) is 20.4. The van der Waals surface area contributed by atoms with Crippen LogP contribution in [0.15, 0.2) is 264 Å². The van der Waals surface area contributed by atoms with Gasteiger partial charge < -0.3 is 9.80 Å². The second kappa shape index (κ2) is 19.6. The van der Waals surface area contributed by atoms with Crippen molar-refractivity contribution in [2.75, 3.05) is 9.80 Å². The Bertz CT molecular complexity index is 3970. The number of nitrogens with zero attached hydrogens (tertiary/aromatic N) is 2. The van der Waals surface area contributed by atoms with Crippen LogP contribution in [-0.2, 0) is 12.4 Å². The maximum absolute atomic E-state index is 15.6. The van der Waals surface area contributed by atoms with E-state index in [1.54, 1.807) is 23.1 Å². The molecule has 2 atom stereocenters. The number of anilines is 4. The summed E-state index contributed by atoms with van der Waals surface area (Å²) in [6.45, 7) is 8.11. The van der Waals surface area contributed by atoms with Gasteiger partial charge in [0, 0.05) is 22.7 Å². The summed E-state index contributed by atoms with van der Waals surface area (Å²) < 4.78 is 93.6. The fourth-order valence-corrected chi connectivity index (χ4v) is 12.0. The van der Waals surface area contributed by atoms with Gasteiger partial charge in [-0.15, -0.1) is 0 Å². The number of hydrogen-bond acceptors (Lipinski definition) is 2. The molecule has 0 aromatic heterocycles. The van der Waals surface area contributed by atoms with Gasteiger partial charge in [-0.1, -0.05) is 176 Å². The third-order valence-electron chi connectivity index (χ3n) is 15.7. The van der Waals surface area contributed by atoms with Crippen molar-refractivity contribution in [1.82, 2.24) is 0 Å². The Labute approximate surface area is 451 Å². The molecule has 0 saturated carbocycles. The molecule has 8 aromatic rings. The average molecular weight is 1040 g/mol. The highest BCUT2D eigenvalue weighted by atomic mass is 19.4. The van der Waals surface area contributed by atoms with Crippen LogP contribution in [0.4, 0.5) is 49.1 Å². The third-order valence-corrected chi connectivity index (χ3v) is 15.7. The monoisotopic (exact) mass is 1030 g/mol. The molecule has 78 heavy (non-hydrogen) atoms. The van der Waals surface area contributed by atoms with Gasteiger partial charge in [0.1, 0.15) is 0 Å². The number of para-hydroxylation sites is 2. The van der Waals surface area contributed by atoms with E-state index in [4.69, 9.17) is 0 Å². The van der Waals surface area contributed by atoms with Crippen LogP contribution in [0, 0.1) is 33.6 Å². The molecule has 4 aliphatic rings. The van der Waals surface area contributed by atoms with Crippen molar-refractivity contribution >= 4 is 22.7 Å². The summed E-state index contributed by atoms with van der Waals surface area (Å²) >= 11 is 0. The summed E-state index contributed by atoms with van der Waals surface area (Å²) in [7, 11) is 0. The van der Waals surface area contributed by atoms with E-state index >= 15 is 26.3 Å². The summed E-state index contributed by atoms with van der Waals surface area (Å²) in [6, 6.07) is 54.6. The van der Waals surface area contributed by atoms with E-state index in [2.05, 4.69) is 24.3 Å². The number of hydrogen-bond donors (Lipinski definition) is 0. The van der Waals surface area contributed by atoms with E-state index in [1.165, 1.54) is 18.2 Å². The number of benzene rings is 8. The van der Waals surface area contributed by atoms with Crippen LogP contribution in [0.5, 0.6) is 0 Å². The van der Waals surface area contributed by atoms with Crippen molar-refractivity contribution in [3.8, 4) is 44.5 Å². The van der Waals surface area contributed by atoms with Crippen LogP contribution in [0.25, 0.3) is 44.5 Å². The van der Waals surface area contributed by atoms with E-state index in [0.29, 0.717) is 17.1 Å². The first kappa shape index (κ1) is 50.0. The Morgan fingerprint density at radius 3 is 1.42 bits per heavy atom. The SMILES string of the molecule is Cc1ccccc1-c1ccc(N(C2=C3C=CC4=C5C(=CC=C(C=C2)C35)C(N(c2ccc(-c3ccccc3C)cc2-c2ccccc2C)c2ccccc2C(F)(F)F)C=C4)c2ccccc2C(F)(F)F)c(-c2ccccc2C)c1. The molecule has 0 N–H and O–H groups in total. The molecule has 0 amide bonds. The molecule has 0 bridgehead atoms. The Hall–Kier alpha value is -8.88. The topological polar surface area (TPSA) is 6.48 Å². The summed E-state index contributed by atoms with van der Waals surface area (Å²) in [5.74, 6) is -0.495. The predicted octanol–water partition coefficient (Wildman–Crippen LogP) is 19.7. The zero-order valence-corrected chi connectivity index (χ0v) is 43.3. The molecule has 4 aliphatic carbocycles. The van der Waals surface area contributed by atoms with Crippen molar-refractivity contribution in [1.29, 1.82) is 0 Å². The minimum atomic E-state index is -4.72. The van der Waals surface area contributed by atoms with Crippen LogP contribution in [0.1, 0.15) is 33.4 Å². The van der Waals surface area contributed by atoms with Gasteiger partial charge in [0.05, 0.1) is 39.9 Å². The van der Waals surface area contributed by atoms with E-state index < -0.39 is 35.4 Å². The zero-order valence-electron chi connectivity index (χ0n) is 43.3. The second-order valence-electron chi connectivity index (χ2n) is 20.4. The average Bonchev–Trinajstić information content (AvgIpc) is 3.64. The van der Waals surface area contributed by atoms with Crippen molar-refractivity contribution in [2.45, 2.75) is 46.1 Å². The van der Waals surface area contributed by atoms with Crippen LogP contribution in [0.2, 0.25) is 0 Å². The molecule has 384 valence electrons. The molecular formula is C70H52F6N2. The smallest absolute Gasteiger partial charge is 0.329 e. The molecule has 2 nitrogen and oxygen atoms in total. The van der Waals surface area contributed by atoms with E-state index in [0.717, 1.165) is 107 Å². The van der Waals surface area contributed by atoms with Gasteiger partial charge in [-0.25, -0.2) is 0 Å². The normalized spacial score (nSPS) is 16.5. The lowest BCUT2D eigenvalue weighted by Crippen LogP contribution is -2.38. The van der Waals surface area contributed by atoms with Crippen molar-refractivity contribution < 1.29 is 26.3 Å². The first-order chi connectivity index (χ1) is 37.7. The minimum Gasteiger partial charge on any atom is -0.329 e. The number of allylic oxidation sites excluding steroid dienone is 10. The Morgan fingerprint density at radius 1 is 0.397 bits per heavy atom. The lowest BCUT2D eigenvalue weighted by atomic mass is 9.67. The van der Waals surface area contributed by atoms with E-state index in [9.17, 15) is 0 Å². The highest BCUT2D eigenvalue weighted by Crippen LogP contribution is 2.55. The van der Waals surface area contributed by atoms with Gasteiger partial charge in [0.2, 0.25) is 0 Å². The summed E-state index contributed by atoms with van der Waals surface area (Å²) in [5, 5.41) is 0. The summed E-state index contributed by atoms with van der Waals surface area (Å²) in [5.41, 5.74) is 15.3. The van der Waals surface area contributed by atoms with Crippen molar-refractivity contribution in [3.63, 3.8) is 0 Å². The number of halogens is 6. The quantitative estimate of drug-likeness (QED) is 0.126. The van der Waals surface area contributed by atoms with Gasteiger partial charge in [-0.05, 0) is 166 Å². The minimum absolute atomic E-state index is 0.0167. The van der Waals surface area contributed by atoms with Gasteiger partial charge in [-0.3, -0.25) is 0 Å². The maximum Gasteiger partial charge on any atom is 0.418 e. The first-order valence-corrected chi connectivity index (χ1v) is 26.0. The van der Waals surface area contributed by atoms with Crippen molar-refractivity contribution in [3.05, 3.63) is 298 Å². The zero-order chi connectivity index (χ0) is 54.0. The number of alkyl halides is 6. The fourth-order valence-electron chi connectivity index (χ4n) is 12.0. The van der Waals surface area contributed by atoms with E-state index in [-0.39, 0.29) is 11.4 Å². The molecule has 0 heterocycles. The standard InChI is InChI=1S/C70H52F6N2/c1-43-17-5-9-21-51(43)49-33-39-63(57(41-49)53-23-11-7-19-45(53)3)77(65-27-15-13-25-59(65)69(71,72)73)61-37-31-47-30-36-56-62(38-32-48-29-35-55(61)67(47)68(48)56)78(66-28-16-14-26-60(66)70(74,75)76)64-40-34-50(52-22-10-6-18-44(52)2)42-58(64)54-24-12-8-20-46(54)4/h5-42,61,68H,1-4H3. The lowest BCUT2D eigenvalue weighted by Gasteiger charge is -2.44. The molecule has 12 rings (SSSR count). The highest BCUT2D eigenvalue weighted by Gasteiger charge is 2.44. The Kier molecular flexibility index (Phi) is 12.6. The molecule has 0 spiro atoms. The van der Waals surface area contributed by atoms with E-state index in [1.807, 2.05) is 190 Å². The lowest BCUT2D eigenvalue weighted by molar-refractivity contribution is -0.137. The summed E-state index contributed by atoms with van der Waals surface area (Å²) in [4.78, 5) is 3.59. The maximum atomic E-state index is 15.6. The van der Waals surface area contributed by atoms with Crippen LogP contribution in [0.3, 0.4) is 0 Å². The molecule has 8 aromatic carbocycles. The molecule has 0 saturated heterocycles. The molecule has 0 fully saturated rings. The largest absolute Gasteiger partial charge is 0.418 e. The predicted molar refractivity (Wildman–Crippen MR) is 306 cm³/mol. The van der Waals surface area contributed by atoms with Crippen molar-refractivity contribution in [2.24, 2.45) is 5.92 Å². The van der Waals surface area contributed by atoms with Gasteiger partial charge in [0.15, 0.2) is 0 Å². The Balaban J connectivity index is 1.07. The number of aryl methyl sites for hydroxylation is 4. The van der Waals surface area contributed by atoms with Gasteiger partial charge in [-0.2, -0.15) is 26.3 Å². The third kappa shape index (κ3) is 8.75. The summed E-state index contributed by atoms with van der Waals surface area (Å²) in [6.07, 6.45) is 6.42. The molecule has 0 aliphatic heterocycles.